The third-order valence-corrected chi connectivity index (χ3v) is 4.19. The fourth-order valence-electron chi connectivity index (χ4n) is 2.60. The molecule has 0 radical (unpaired) electrons. The van der Waals surface area contributed by atoms with Crippen LogP contribution in [-0.4, -0.2) is 27.7 Å². The Bertz CT molecular complexity index is 320. The minimum absolute atomic E-state index is 0.00487. The van der Waals surface area contributed by atoms with Gasteiger partial charge in [-0.2, -0.15) is 0 Å². The van der Waals surface area contributed by atoms with Crippen LogP contribution in [-0.2, 0) is 9.59 Å². The molecule has 0 saturated heterocycles. The summed E-state index contributed by atoms with van der Waals surface area (Å²) in [7, 11) is 0. The van der Waals surface area contributed by atoms with Crippen molar-refractivity contribution < 1.29 is 19.8 Å². The third-order valence-electron chi connectivity index (χ3n) is 4.19. The Morgan fingerprint density at radius 3 is 1.68 bits per heavy atom. The van der Waals surface area contributed by atoms with Crippen molar-refractivity contribution in [2.24, 2.45) is 5.73 Å². The Hall–Kier alpha value is -1.10. The summed E-state index contributed by atoms with van der Waals surface area (Å²) in [5, 5.41) is 17.8. The zero-order chi connectivity index (χ0) is 16.8. The van der Waals surface area contributed by atoms with E-state index in [1.165, 1.54) is 44.9 Å². The van der Waals surface area contributed by atoms with Gasteiger partial charge < -0.3 is 15.9 Å². The lowest BCUT2D eigenvalue weighted by atomic mass is 9.88. The van der Waals surface area contributed by atoms with Crippen LogP contribution >= 0.6 is 0 Å². The van der Waals surface area contributed by atoms with E-state index in [-0.39, 0.29) is 12.8 Å². The second-order valence-electron chi connectivity index (χ2n) is 6.29. The zero-order valence-corrected chi connectivity index (χ0v) is 14.0. The molecule has 0 rings (SSSR count). The molecule has 5 nitrogen and oxygen atoms in total. The first-order valence-electron chi connectivity index (χ1n) is 8.66. The topological polar surface area (TPSA) is 101 Å². The lowest BCUT2D eigenvalue weighted by Gasteiger charge is -2.23. The van der Waals surface area contributed by atoms with E-state index in [0.29, 0.717) is 6.42 Å². The van der Waals surface area contributed by atoms with E-state index in [1.807, 2.05) is 0 Å². The number of carboxylic acids is 2. The van der Waals surface area contributed by atoms with E-state index >= 15 is 0 Å². The van der Waals surface area contributed by atoms with E-state index in [4.69, 9.17) is 10.8 Å². The van der Waals surface area contributed by atoms with Gasteiger partial charge in [-0.3, -0.25) is 9.59 Å². The second kappa shape index (κ2) is 12.4. The summed E-state index contributed by atoms with van der Waals surface area (Å²) in [6.45, 7) is 2.21. The monoisotopic (exact) mass is 315 g/mol. The molecule has 0 aliphatic carbocycles. The van der Waals surface area contributed by atoms with E-state index in [1.54, 1.807) is 0 Å². The summed E-state index contributed by atoms with van der Waals surface area (Å²) in [6, 6.07) is 0. The molecular formula is C17H33NO4. The fraction of sp³-hybridized carbons (Fsp3) is 0.882. The van der Waals surface area contributed by atoms with Gasteiger partial charge in [-0.05, 0) is 12.8 Å². The van der Waals surface area contributed by atoms with Gasteiger partial charge in [0.05, 0.1) is 0 Å². The number of rotatable bonds is 15. The van der Waals surface area contributed by atoms with Crippen LogP contribution in [0, 0.1) is 0 Å². The number of nitrogens with two attached hydrogens (primary N) is 1. The third kappa shape index (κ3) is 10.6. The second-order valence-corrected chi connectivity index (χ2v) is 6.29. The van der Waals surface area contributed by atoms with Crippen LogP contribution in [0.1, 0.15) is 90.4 Å². The number of hydrogen-bond acceptors (Lipinski definition) is 3. The van der Waals surface area contributed by atoms with E-state index < -0.39 is 17.5 Å². The Balaban J connectivity index is 3.68. The summed E-state index contributed by atoms with van der Waals surface area (Å²) in [4.78, 5) is 21.8. The summed E-state index contributed by atoms with van der Waals surface area (Å²) < 4.78 is 0. The molecule has 0 heterocycles. The van der Waals surface area contributed by atoms with Gasteiger partial charge in [0.15, 0.2) is 0 Å². The maximum atomic E-state index is 11.2. The highest BCUT2D eigenvalue weighted by atomic mass is 16.4. The zero-order valence-electron chi connectivity index (χ0n) is 14.0. The van der Waals surface area contributed by atoms with Crippen molar-refractivity contribution in [2.75, 3.05) is 0 Å². The molecule has 0 aliphatic heterocycles. The quantitative estimate of drug-likeness (QED) is 0.397. The molecule has 0 aromatic heterocycles. The lowest BCUT2D eigenvalue weighted by Crippen LogP contribution is -2.48. The van der Waals surface area contributed by atoms with Gasteiger partial charge in [0.1, 0.15) is 5.54 Å². The van der Waals surface area contributed by atoms with Crippen LogP contribution in [0.3, 0.4) is 0 Å². The molecule has 5 heteroatoms. The Morgan fingerprint density at radius 2 is 1.27 bits per heavy atom. The van der Waals surface area contributed by atoms with Crippen LogP contribution in [0.15, 0.2) is 0 Å². The summed E-state index contributed by atoms with van der Waals surface area (Å²) in [5.41, 5.74) is 4.44. The molecule has 0 saturated carbocycles. The first-order chi connectivity index (χ1) is 10.4. The van der Waals surface area contributed by atoms with Crippen molar-refractivity contribution in [3.8, 4) is 0 Å². The normalized spacial score (nSPS) is 13.7. The summed E-state index contributed by atoms with van der Waals surface area (Å²) in [6.07, 6.45) is 11.9. The van der Waals surface area contributed by atoms with Crippen molar-refractivity contribution in [3.05, 3.63) is 0 Å². The first-order valence-corrected chi connectivity index (χ1v) is 8.66. The number of hydrogen-bond donors (Lipinski definition) is 3. The number of carboxylic acid groups (broad SMARTS) is 2. The van der Waals surface area contributed by atoms with Gasteiger partial charge >= 0.3 is 11.9 Å². The molecule has 4 N–H and O–H groups in total. The highest BCUT2D eigenvalue weighted by Crippen LogP contribution is 2.20. The smallest absolute Gasteiger partial charge is 0.323 e. The maximum Gasteiger partial charge on any atom is 0.323 e. The predicted molar refractivity (Wildman–Crippen MR) is 87.9 cm³/mol. The van der Waals surface area contributed by atoms with Crippen LogP contribution < -0.4 is 5.73 Å². The van der Waals surface area contributed by atoms with Crippen LogP contribution in [0.5, 0.6) is 0 Å². The molecule has 0 bridgehead atoms. The van der Waals surface area contributed by atoms with Crippen molar-refractivity contribution in [1.82, 2.24) is 0 Å². The SMILES string of the molecule is CCCCCCCCCCCC[C@](N)(CCC(=O)O)C(=O)O. The van der Waals surface area contributed by atoms with Gasteiger partial charge in [0, 0.05) is 6.42 Å². The number of aliphatic carboxylic acids is 2. The highest BCUT2D eigenvalue weighted by Gasteiger charge is 2.33. The number of carbonyl (C=O) groups is 2. The molecule has 130 valence electrons. The van der Waals surface area contributed by atoms with Gasteiger partial charge in [0.2, 0.25) is 0 Å². The minimum atomic E-state index is -1.39. The Morgan fingerprint density at radius 1 is 0.818 bits per heavy atom. The molecule has 0 amide bonds. The van der Waals surface area contributed by atoms with Crippen molar-refractivity contribution in [3.63, 3.8) is 0 Å². The minimum Gasteiger partial charge on any atom is -0.481 e. The average Bonchev–Trinajstić information content (AvgIpc) is 2.47. The van der Waals surface area contributed by atoms with Crippen LogP contribution in [0.25, 0.3) is 0 Å². The molecule has 0 fully saturated rings. The molecular weight excluding hydrogens is 282 g/mol. The number of unbranched alkanes of at least 4 members (excludes halogenated alkanes) is 9. The maximum absolute atomic E-state index is 11.2. The molecule has 22 heavy (non-hydrogen) atoms. The van der Waals surface area contributed by atoms with Crippen molar-refractivity contribution >= 4 is 11.9 Å². The first kappa shape index (κ1) is 20.9. The molecule has 0 aromatic carbocycles. The molecule has 0 unspecified atom stereocenters. The van der Waals surface area contributed by atoms with Gasteiger partial charge in [-0.1, -0.05) is 71.1 Å². The van der Waals surface area contributed by atoms with Gasteiger partial charge in [0.25, 0.3) is 0 Å². The highest BCUT2D eigenvalue weighted by molar-refractivity contribution is 5.79. The van der Waals surface area contributed by atoms with Gasteiger partial charge in [-0.15, -0.1) is 0 Å². The Labute approximate surface area is 134 Å². The average molecular weight is 315 g/mol. The molecule has 0 spiro atoms. The van der Waals surface area contributed by atoms with E-state index in [9.17, 15) is 14.7 Å². The van der Waals surface area contributed by atoms with Gasteiger partial charge in [-0.25, -0.2) is 0 Å². The van der Waals surface area contributed by atoms with E-state index in [0.717, 1.165) is 19.3 Å². The summed E-state index contributed by atoms with van der Waals surface area (Å²) >= 11 is 0. The molecule has 1 atom stereocenters. The lowest BCUT2D eigenvalue weighted by molar-refractivity contribution is -0.145. The molecule has 0 aromatic rings. The van der Waals surface area contributed by atoms with E-state index in [2.05, 4.69) is 6.92 Å². The van der Waals surface area contributed by atoms with Crippen LogP contribution in [0.4, 0.5) is 0 Å². The summed E-state index contributed by atoms with van der Waals surface area (Å²) in [5.74, 6) is -2.09. The van der Waals surface area contributed by atoms with Crippen molar-refractivity contribution in [2.45, 2.75) is 95.9 Å². The predicted octanol–water partition coefficient (Wildman–Crippen LogP) is 3.94. The Kier molecular flexibility index (Phi) is 11.8. The van der Waals surface area contributed by atoms with Crippen molar-refractivity contribution in [1.29, 1.82) is 0 Å². The largest absolute Gasteiger partial charge is 0.481 e. The standard InChI is InChI=1S/C17H33NO4/c1-2-3-4-5-6-7-8-9-10-11-13-17(18,16(21)22)14-12-15(19)20/h2-14,18H2,1H3,(H,19,20)(H,21,22)/t17-/m0/s1. The van der Waals surface area contributed by atoms with Crippen LogP contribution in [0.2, 0.25) is 0 Å². The fourth-order valence-corrected chi connectivity index (χ4v) is 2.60. The molecule has 0 aliphatic rings.